The highest BCUT2D eigenvalue weighted by Crippen LogP contribution is 2.16. The van der Waals surface area contributed by atoms with Crippen LogP contribution in [0, 0.1) is 12.8 Å². The third-order valence-electron chi connectivity index (χ3n) is 3.44. The Morgan fingerprint density at radius 2 is 2.47 bits per heavy atom. The first-order valence-electron chi connectivity index (χ1n) is 6.52. The smallest absolute Gasteiger partial charge is 0.0897 e. The number of aliphatic hydroxyl groups excluding tert-OH is 1. The SMILES string of the molecule is Cc1nc(CCCN2CCCC(CO)C2)cs1. The molecule has 96 valence electrons. The van der Waals surface area contributed by atoms with E-state index in [-0.39, 0.29) is 0 Å². The maximum absolute atomic E-state index is 9.18. The number of aromatic nitrogens is 1. The number of likely N-dealkylation sites (tertiary alicyclic amines) is 1. The van der Waals surface area contributed by atoms with Gasteiger partial charge in [-0.05, 0) is 51.6 Å². The summed E-state index contributed by atoms with van der Waals surface area (Å²) in [4.78, 5) is 6.97. The lowest BCUT2D eigenvalue weighted by molar-refractivity contribution is 0.120. The molecular weight excluding hydrogens is 232 g/mol. The summed E-state index contributed by atoms with van der Waals surface area (Å²) < 4.78 is 0. The van der Waals surface area contributed by atoms with E-state index in [4.69, 9.17) is 0 Å². The lowest BCUT2D eigenvalue weighted by atomic mass is 9.99. The fraction of sp³-hybridized carbons (Fsp3) is 0.769. The van der Waals surface area contributed by atoms with Gasteiger partial charge >= 0.3 is 0 Å². The van der Waals surface area contributed by atoms with Crippen molar-refractivity contribution in [1.82, 2.24) is 9.88 Å². The minimum absolute atomic E-state index is 0.349. The Morgan fingerprint density at radius 1 is 1.59 bits per heavy atom. The van der Waals surface area contributed by atoms with E-state index in [9.17, 15) is 5.11 Å². The second-order valence-electron chi connectivity index (χ2n) is 4.95. The van der Waals surface area contributed by atoms with E-state index in [1.807, 2.05) is 0 Å². The predicted octanol–water partition coefficient (Wildman–Crippen LogP) is 2.09. The van der Waals surface area contributed by atoms with Gasteiger partial charge in [0.05, 0.1) is 10.7 Å². The zero-order valence-corrected chi connectivity index (χ0v) is 11.4. The zero-order chi connectivity index (χ0) is 12.1. The van der Waals surface area contributed by atoms with Gasteiger partial charge in [-0.2, -0.15) is 0 Å². The molecular formula is C13H22N2OS. The molecule has 2 rings (SSSR count). The summed E-state index contributed by atoms with van der Waals surface area (Å²) in [5.41, 5.74) is 1.24. The van der Waals surface area contributed by atoms with Gasteiger partial charge < -0.3 is 10.0 Å². The Bertz CT molecular complexity index is 340. The third kappa shape index (κ3) is 4.05. The van der Waals surface area contributed by atoms with Crippen molar-refractivity contribution in [3.63, 3.8) is 0 Å². The van der Waals surface area contributed by atoms with Gasteiger partial charge in [0.25, 0.3) is 0 Å². The van der Waals surface area contributed by atoms with Gasteiger partial charge in [0.2, 0.25) is 0 Å². The molecule has 1 fully saturated rings. The van der Waals surface area contributed by atoms with Gasteiger partial charge in [-0.3, -0.25) is 0 Å². The van der Waals surface area contributed by atoms with Crippen molar-refractivity contribution >= 4 is 11.3 Å². The van der Waals surface area contributed by atoms with Crippen LogP contribution in [0.2, 0.25) is 0 Å². The maximum atomic E-state index is 9.18. The number of hydrogen-bond donors (Lipinski definition) is 1. The molecule has 1 aromatic heterocycles. The molecule has 1 unspecified atom stereocenters. The van der Waals surface area contributed by atoms with Crippen molar-refractivity contribution in [3.05, 3.63) is 16.1 Å². The van der Waals surface area contributed by atoms with Gasteiger partial charge in [0.1, 0.15) is 0 Å². The molecule has 0 saturated carbocycles. The quantitative estimate of drug-likeness (QED) is 0.874. The number of aryl methyl sites for hydroxylation is 2. The van der Waals surface area contributed by atoms with Crippen LogP contribution in [0.25, 0.3) is 0 Å². The molecule has 0 bridgehead atoms. The second-order valence-corrected chi connectivity index (χ2v) is 6.02. The third-order valence-corrected chi connectivity index (χ3v) is 4.26. The normalized spacial score (nSPS) is 21.9. The number of aliphatic hydroxyl groups is 1. The standard InChI is InChI=1S/C13H22N2OS/c1-11-14-13(10-17-11)5-3-7-15-6-2-4-12(8-15)9-16/h10,12,16H,2-9H2,1H3. The van der Waals surface area contributed by atoms with Crippen LogP contribution >= 0.6 is 11.3 Å². The first-order chi connectivity index (χ1) is 8.28. The van der Waals surface area contributed by atoms with E-state index in [1.54, 1.807) is 11.3 Å². The summed E-state index contributed by atoms with van der Waals surface area (Å²) in [5, 5.41) is 12.5. The molecule has 0 radical (unpaired) electrons. The molecule has 1 aliphatic rings. The minimum atomic E-state index is 0.349. The molecule has 2 heterocycles. The lowest BCUT2D eigenvalue weighted by Crippen LogP contribution is -2.37. The minimum Gasteiger partial charge on any atom is -0.396 e. The Labute approximate surface area is 107 Å². The van der Waals surface area contributed by atoms with Crippen molar-refractivity contribution in [3.8, 4) is 0 Å². The van der Waals surface area contributed by atoms with Crippen LogP contribution in [-0.4, -0.2) is 41.2 Å². The van der Waals surface area contributed by atoms with Crippen LogP contribution in [-0.2, 0) is 6.42 Å². The van der Waals surface area contributed by atoms with Crippen molar-refractivity contribution in [1.29, 1.82) is 0 Å². The van der Waals surface area contributed by atoms with Gasteiger partial charge in [-0.15, -0.1) is 11.3 Å². The summed E-state index contributed by atoms with van der Waals surface area (Å²) in [6.45, 7) is 5.83. The highest BCUT2D eigenvalue weighted by molar-refractivity contribution is 7.09. The largest absolute Gasteiger partial charge is 0.396 e. The molecule has 4 heteroatoms. The summed E-state index contributed by atoms with van der Waals surface area (Å²) in [7, 11) is 0. The molecule has 3 nitrogen and oxygen atoms in total. The van der Waals surface area contributed by atoms with Crippen molar-refractivity contribution in [2.75, 3.05) is 26.2 Å². The fourth-order valence-corrected chi connectivity index (χ4v) is 3.16. The summed E-state index contributed by atoms with van der Waals surface area (Å²) in [5.74, 6) is 0.505. The van der Waals surface area contributed by atoms with Crippen LogP contribution < -0.4 is 0 Å². The van der Waals surface area contributed by atoms with Crippen LogP contribution in [0.5, 0.6) is 0 Å². The zero-order valence-electron chi connectivity index (χ0n) is 10.6. The van der Waals surface area contributed by atoms with Gasteiger partial charge in [0.15, 0.2) is 0 Å². The fourth-order valence-electron chi connectivity index (χ4n) is 2.51. The molecule has 1 aliphatic heterocycles. The first-order valence-corrected chi connectivity index (χ1v) is 7.40. The van der Waals surface area contributed by atoms with Crippen molar-refractivity contribution in [2.24, 2.45) is 5.92 Å². The highest BCUT2D eigenvalue weighted by Gasteiger charge is 2.18. The Kier molecular flexibility index (Phi) is 4.95. The van der Waals surface area contributed by atoms with Crippen LogP contribution in [0.15, 0.2) is 5.38 Å². The van der Waals surface area contributed by atoms with E-state index in [0.29, 0.717) is 12.5 Å². The molecule has 1 N–H and O–H groups in total. The topological polar surface area (TPSA) is 36.4 Å². The van der Waals surface area contributed by atoms with Gasteiger partial charge in [-0.25, -0.2) is 4.98 Å². The summed E-state index contributed by atoms with van der Waals surface area (Å²) >= 11 is 1.74. The molecule has 0 spiro atoms. The Hall–Kier alpha value is -0.450. The Morgan fingerprint density at radius 3 is 3.18 bits per heavy atom. The Balaban J connectivity index is 1.68. The van der Waals surface area contributed by atoms with Crippen LogP contribution in [0.4, 0.5) is 0 Å². The van der Waals surface area contributed by atoms with Gasteiger partial charge in [0, 0.05) is 18.5 Å². The van der Waals surface area contributed by atoms with Gasteiger partial charge in [-0.1, -0.05) is 0 Å². The van der Waals surface area contributed by atoms with E-state index < -0.39 is 0 Å². The predicted molar refractivity (Wildman–Crippen MR) is 71.4 cm³/mol. The number of nitrogens with zero attached hydrogens (tertiary/aromatic N) is 2. The van der Waals surface area contributed by atoms with Crippen molar-refractivity contribution < 1.29 is 5.11 Å². The van der Waals surface area contributed by atoms with Crippen LogP contribution in [0.1, 0.15) is 30.0 Å². The average molecular weight is 254 g/mol. The molecule has 0 aliphatic carbocycles. The molecule has 17 heavy (non-hydrogen) atoms. The maximum Gasteiger partial charge on any atom is 0.0897 e. The second kappa shape index (κ2) is 6.47. The molecule has 0 aromatic carbocycles. The van der Waals surface area contributed by atoms with Crippen molar-refractivity contribution in [2.45, 2.75) is 32.6 Å². The van der Waals surface area contributed by atoms with Crippen LogP contribution in [0.3, 0.4) is 0 Å². The first kappa shape index (κ1) is 13.0. The summed E-state index contributed by atoms with van der Waals surface area (Å²) in [6.07, 6.45) is 4.70. The monoisotopic (exact) mass is 254 g/mol. The van der Waals surface area contributed by atoms with E-state index in [1.165, 1.54) is 36.5 Å². The molecule has 0 amide bonds. The number of piperidine rings is 1. The number of hydrogen-bond acceptors (Lipinski definition) is 4. The van der Waals surface area contributed by atoms with E-state index in [2.05, 4.69) is 22.2 Å². The highest BCUT2D eigenvalue weighted by atomic mass is 32.1. The molecule has 1 atom stereocenters. The summed E-state index contributed by atoms with van der Waals surface area (Å²) in [6, 6.07) is 0. The van der Waals surface area contributed by atoms with E-state index >= 15 is 0 Å². The lowest BCUT2D eigenvalue weighted by Gasteiger charge is -2.31. The molecule has 1 aromatic rings. The van der Waals surface area contributed by atoms with E-state index in [0.717, 1.165) is 19.5 Å². The molecule has 1 saturated heterocycles. The number of thiazole rings is 1. The number of rotatable bonds is 5. The average Bonchev–Trinajstić information content (AvgIpc) is 2.75.